The maximum absolute atomic E-state index is 12.8. The number of hydrogen-bond acceptors (Lipinski definition) is 4. The summed E-state index contributed by atoms with van der Waals surface area (Å²) >= 11 is 0. The van der Waals surface area contributed by atoms with Crippen LogP contribution in [0.2, 0.25) is 0 Å². The van der Waals surface area contributed by atoms with Crippen LogP contribution in [0.4, 0.5) is 10.5 Å². The lowest BCUT2D eigenvalue weighted by Gasteiger charge is -2.24. The van der Waals surface area contributed by atoms with Crippen molar-refractivity contribution in [3.8, 4) is 5.75 Å². The number of carbonyl (C=O) groups excluding carboxylic acids is 3. The summed E-state index contributed by atoms with van der Waals surface area (Å²) in [6, 6.07) is 13.2. The third-order valence-electron chi connectivity index (χ3n) is 6.19. The summed E-state index contributed by atoms with van der Waals surface area (Å²) in [5.41, 5.74) is 3.78. The van der Waals surface area contributed by atoms with Crippen molar-refractivity contribution in [1.29, 1.82) is 0 Å². The van der Waals surface area contributed by atoms with E-state index in [0.717, 1.165) is 35.4 Å². The van der Waals surface area contributed by atoms with E-state index < -0.39 is 18.0 Å². The van der Waals surface area contributed by atoms with Gasteiger partial charge in [0.2, 0.25) is 5.91 Å². The molecule has 1 aliphatic heterocycles. The molecule has 3 aromatic rings. The number of carbonyl (C=O) groups is 3. The van der Waals surface area contributed by atoms with Gasteiger partial charge in [0, 0.05) is 16.6 Å². The van der Waals surface area contributed by atoms with Crippen molar-refractivity contribution in [2.45, 2.75) is 37.8 Å². The number of urea groups is 1. The second kappa shape index (κ2) is 8.03. The van der Waals surface area contributed by atoms with Crippen LogP contribution in [-0.2, 0) is 16.0 Å². The number of imide groups is 1. The molecule has 2 heterocycles. The van der Waals surface area contributed by atoms with Gasteiger partial charge in [-0.2, -0.15) is 0 Å². The van der Waals surface area contributed by atoms with Crippen molar-refractivity contribution >= 4 is 34.4 Å². The maximum Gasteiger partial charge on any atom is 0.329 e. The number of methoxy groups -OCH3 is 1. The molecule has 8 heteroatoms. The third-order valence-corrected chi connectivity index (χ3v) is 6.19. The van der Waals surface area contributed by atoms with Gasteiger partial charge >= 0.3 is 6.03 Å². The van der Waals surface area contributed by atoms with Crippen molar-refractivity contribution in [3.05, 3.63) is 59.8 Å². The number of benzene rings is 2. The van der Waals surface area contributed by atoms with Crippen LogP contribution < -0.4 is 20.3 Å². The predicted molar refractivity (Wildman–Crippen MR) is 120 cm³/mol. The average Bonchev–Trinajstić information content (AvgIpc) is 3.31. The Hall–Kier alpha value is -3.81. The van der Waals surface area contributed by atoms with E-state index in [0.29, 0.717) is 11.4 Å². The van der Waals surface area contributed by atoms with E-state index in [2.05, 4.69) is 21.7 Å². The van der Waals surface area contributed by atoms with E-state index in [1.807, 2.05) is 18.2 Å². The Labute approximate surface area is 184 Å². The number of H-pyrrole nitrogens is 1. The average molecular weight is 432 g/mol. The number of para-hydroxylation sites is 1. The fourth-order valence-electron chi connectivity index (χ4n) is 4.64. The Morgan fingerprint density at radius 1 is 1.16 bits per heavy atom. The van der Waals surface area contributed by atoms with Crippen LogP contribution >= 0.6 is 0 Å². The quantitative estimate of drug-likeness (QED) is 0.539. The number of nitrogens with one attached hydrogen (secondary N) is 3. The highest BCUT2D eigenvalue weighted by Crippen LogP contribution is 2.34. The minimum absolute atomic E-state index is 0.108. The van der Waals surface area contributed by atoms with Crippen LogP contribution in [-0.4, -0.2) is 36.0 Å². The monoisotopic (exact) mass is 432 g/mol. The molecule has 32 heavy (non-hydrogen) atoms. The summed E-state index contributed by atoms with van der Waals surface area (Å²) in [7, 11) is 1.54. The number of rotatable bonds is 5. The van der Waals surface area contributed by atoms with Crippen LogP contribution in [0.25, 0.3) is 10.9 Å². The summed E-state index contributed by atoms with van der Waals surface area (Å²) < 4.78 is 5.12. The van der Waals surface area contributed by atoms with E-state index in [4.69, 9.17) is 4.74 Å². The summed E-state index contributed by atoms with van der Waals surface area (Å²) in [5.74, 6) is -0.0810. The van der Waals surface area contributed by atoms with Crippen LogP contribution in [0.5, 0.6) is 5.75 Å². The van der Waals surface area contributed by atoms with Gasteiger partial charge in [0.15, 0.2) is 0 Å². The summed E-state index contributed by atoms with van der Waals surface area (Å²) in [6.45, 7) is 0. The molecule has 1 aliphatic carbocycles. The smallest absolute Gasteiger partial charge is 0.329 e. The van der Waals surface area contributed by atoms with Gasteiger partial charge in [0.1, 0.15) is 11.8 Å². The molecule has 5 rings (SSSR count). The first-order valence-corrected chi connectivity index (χ1v) is 10.7. The van der Waals surface area contributed by atoms with Crippen LogP contribution in [0, 0.1) is 0 Å². The SMILES string of the molecule is COc1ccc(N2C(=O)N[C@@H](CC(=O)N[C@@H]3CCCc4c3[nH]c3ccccc43)C2=O)cc1. The number of anilines is 1. The van der Waals surface area contributed by atoms with E-state index >= 15 is 0 Å². The highest BCUT2D eigenvalue weighted by molar-refractivity contribution is 6.22. The van der Waals surface area contributed by atoms with Crippen molar-refractivity contribution in [2.24, 2.45) is 0 Å². The van der Waals surface area contributed by atoms with Gasteiger partial charge in [0.05, 0.1) is 25.3 Å². The molecule has 8 nitrogen and oxygen atoms in total. The molecule has 0 spiro atoms. The number of aryl methyl sites for hydroxylation is 1. The second-order valence-corrected chi connectivity index (χ2v) is 8.15. The fourth-order valence-corrected chi connectivity index (χ4v) is 4.64. The number of amides is 4. The largest absolute Gasteiger partial charge is 0.497 e. The van der Waals surface area contributed by atoms with Crippen molar-refractivity contribution < 1.29 is 19.1 Å². The van der Waals surface area contributed by atoms with Crippen molar-refractivity contribution in [2.75, 3.05) is 12.0 Å². The Balaban J connectivity index is 1.28. The lowest BCUT2D eigenvalue weighted by molar-refractivity contribution is -0.126. The Bertz CT molecular complexity index is 1200. The molecule has 2 aromatic carbocycles. The molecular weight excluding hydrogens is 408 g/mol. The first-order chi connectivity index (χ1) is 15.5. The first-order valence-electron chi connectivity index (χ1n) is 10.7. The van der Waals surface area contributed by atoms with Gasteiger partial charge in [0.25, 0.3) is 5.91 Å². The maximum atomic E-state index is 12.8. The number of fused-ring (bicyclic) bond motifs is 3. The Morgan fingerprint density at radius 3 is 2.72 bits per heavy atom. The van der Waals surface area contributed by atoms with E-state index in [1.54, 1.807) is 31.4 Å². The zero-order chi connectivity index (χ0) is 22.2. The van der Waals surface area contributed by atoms with Crippen molar-refractivity contribution in [3.63, 3.8) is 0 Å². The second-order valence-electron chi connectivity index (χ2n) is 8.15. The van der Waals surface area contributed by atoms with E-state index in [1.165, 1.54) is 10.9 Å². The molecule has 1 fully saturated rings. The minimum Gasteiger partial charge on any atom is -0.497 e. The molecule has 1 saturated heterocycles. The van der Waals surface area contributed by atoms with Gasteiger partial charge < -0.3 is 20.4 Å². The zero-order valence-corrected chi connectivity index (χ0v) is 17.7. The molecule has 3 N–H and O–H groups in total. The van der Waals surface area contributed by atoms with E-state index in [-0.39, 0.29) is 18.4 Å². The zero-order valence-electron chi connectivity index (χ0n) is 17.7. The van der Waals surface area contributed by atoms with E-state index in [9.17, 15) is 14.4 Å². The van der Waals surface area contributed by atoms with Gasteiger partial charge in [-0.15, -0.1) is 0 Å². The first kappa shape index (κ1) is 20.1. The highest BCUT2D eigenvalue weighted by Gasteiger charge is 2.40. The van der Waals surface area contributed by atoms with Crippen LogP contribution in [0.15, 0.2) is 48.5 Å². The topological polar surface area (TPSA) is 104 Å². The van der Waals surface area contributed by atoms with Gasteiger partial charge in [-0.05, 0) is 55.2 Å². The fraction of sp³-hybridized carbons (Fsp3) is 0.292. The summed E-state index contributed by atoms with van der Waals surface area (Å²) in [6.07, 6.45) is 2.67. The Morgan fingerprint density at radius 2 is 1.94 bits per heavy atom. The lowest BCUT2D eigenvalue weighted by Crippen LogP contribution is -2.38. The standard InChI is InChI=1S/C24H24N4O4/c1-32-15-11-9-14(10-12-15)28-23(30)20(27-24(28)31)13-21(29)25-19-8-4-6-17-16-5-2-3-7-18(16)26-22(17)19/h2-3,5,7,9-12,19-20,26H,4,6,8,13H2,1H3,(H,25,29)(H,27,31)/t19-,20+/m1/s1. The van der Waals surface area contributed by atoms with Crippen LogP contribution in [0.3, 0.4) is 0 Å². The molecule has 0 bridgehead atoms. The number of nitrogens with zero attached hydrogens (tertiary/aromatic N) is 1. The lowest BCUT2D eigenvalue weighted by atomic mass is 9.91. The molecule has 0 radical (unpaired) electrons. The van der Waals surface area contributed by atoms with Crippen molar-refractivity contribution in [1.82, 2.24) is 15.6 Å². The molecular formula is C24H24N4O4. The highest BCUT2D eigenvalue weighted by atomic mass is 16.5. The normalized spacial score (nSPS) is 20.2. The number of ether oxygens (including phenoxy) is 1. The predicted octanol–water partition coefficient (Wildman–Crippen LogP) is 3.19. The molecule has 1 aromatic heterocycles. The van der Waals surface area contributed by atoms with Gasteiger partial charge in [-0.3, -0.25) is 9.59 Å². The summed E-state index contributed by atoms with van der Waals surface area (Å²) in [4.78, 5) is 42.6. The summed E-state index contributed by atoms with van der Waals surface area (Å²) in [5, 5.41) is 6.88. The third kappa shape index (κ3) is 3.47. The van der Waals surface area contributed by atoms with Gasteiger partial charge in [-0.25, -0.2) is 9.69 Å². The number of aromatic nitrogens is 1. The minimum atomic E-state index is -0.893. The number of hydrogen-bond donors (Lipinski definition) is 3. The molecule has 2 atom stereocenters. The molecule has 0 saturated carbocycles. The van der Waals surface area contributed by atoms with Crippen LogP contribution in [0.1, 0.15) is 36.6 Å². The molecule has 2 aliphatic rings. The van der Waals surface area contributed by atoms with Gasteiger partial charge in [-0.1, -0.05) is 18.2 Å². The molecule has 0 unspecified atom stereocenters. The number of aromatic amines is 1. The molecule has 164 valence electrons. The molecule has 4 amide bonds. The Kier molecular flexibility index (Phi) is 5.05.